The van der Waals surface area contributed by atoms with Crippen molar-refractivity contribution in [1.29, 1.82) is 5.26 Å². The topological polar surface area (TPSA) is 89.3 Å². The van der Waals surface area contributed by atoms with Gasteiger partial charge in [-0.15, -0.1) is 0 Å². The van der Waals surface area contributed by atoms with Crippen molar-refractivity contribution in [1.82, 2.24) is 15.2 Å². The van der Waals surface area contributed by atoms with Gasteiger partial charge in [-0.25, -0.2) is 0 Å². The second-order valence-electron chi connectivity index (χ2n) is 10.4. The number of amides is 2. The second-order valence-corrected chi connectivity index (χ2v) is 10.4. The first-order chi connectivity index (χ1) is 16.6. The van der Waals surface area contributed by atoms with E-state index in [0.29, 0.717) is 11.3 Å². The molecule has 0 saturated heterocycles. The van der Waals surface area contributed by atoms with Crippen LogP contribution in [0.15, 0.2) is 48.8 Å². The predicted octanol–water partition coefficient (Wildman–Crippen LogP) is 4.70. The molecule has 0 radical (unpaired) electrons. The molecule has 1 aliphatic rings. The lowest BCUT2D eigenvalue weighted by Crippen LogP contribution is -2.51. The first kappa shape index (κ1) is 26.2. The lowest BCUT2D eigenvalue weighted by Gasteiger charge is -2.35. The number of hydrogen-bond donors (Lipinski definition) is 1. The number of nitrogens with zero attached hydrogens (tertiary/aromatic N) is 4. The van der Waals surface area contributed by atoms with Gasteiger partial charge in [-0.1, -0.05) is 58.2 Å². The Morgan fingerprint density at radius 3 is 2.31 bits per heavy atom. The highest BCUT2D eigenvalue weighted by atomic mass is 16.2. The lowest BCUT2D eigenvalue weighted by atomic mass is 9.87. The number of benzene rings is 1. The molecule has 1 fully saturated rings. The third-order valence-electron chi connectivity index (χ3n) is 6.80. The molecule has 3 rings (SSSR count). The van der Waals surface area contributed by atoms with Crippen LogP contribution in [0.5, 0.6) is 0 Å². The normalized spacial score (nSPS) is 16.0. The Balaban J connectivity index is 2.08. The molecule has 35 heavy (non-hydrogen) atoms. The molecular weight excluding hydrogens is 438 g/mol. The molecule has 7 nitrogen and oxygen atoms in total. The highest BCUT2D eigenvalue weighted by molar-refractivity contribution is 6.03. The summed E-state index contributed by atoms with van der Waals surface area (Å²) in [5, 5.41) is 12.6. The maximum atomic E-state index is 13.9. The molecule has 1 aromatic carbocycles. The van der Waals surface area contributed by atoms with Gasteiger partial charge in [0.25, 0.3) is 5.91 Å². The molecule has 1 N–H and O–H groups in total. The summed E-state index contributed by atoms with van der Waals surface area (Å²) in [7, 11) is 1.57. The summed E-state index contributed by atoms with van der Waals surface area (Å²) in [5.74, 6) is -0.560. The van der Waals surface area contributed by atoms with Gasteiger partial charge >= 0.3 is 0 Å². The number of pyridine rings is 1. The van der Waals surface area contributed by atoms with E-state index < -0.39 is 12.1 Å². The van der Waals surface area contributed by atoms with Crippen molar-refractivity contribution in [3.8, 4) is 6.19 Å². The zero-order chi connectivity index (χ0) is 25.6. The maximum Gasteiger partial charge on any atom is 0.251 e. The molecule has 1 saturated carbocycles. The van der Waals surface area contributed by atoms with Crippen molar-refractivity contribution < 1.29 is 9.59 Å². The average molecular weight is 476 g/mol. The Labute approximate surface area is 209 Å². The molecule has 1 unspecified atom stereocenters. The number of rotatable bonds is 7. The van der Waals surface area contributed by atoms with Gasteiger partial charge in [0, 0.05) is 36.7 Å². The zero-order valence-electron chi connectivity index (χ0n) is 21.5. The van der Waals surface area contributed by atoms with Crippen LogP contribution in [0, 0.1) is 11.5 Å². The monoisotopic (exact) mass is 475 g/mol. The van der Waals surface area contributed by atoms with Gasteiger partial charge < -0.3 is 10.2 Å². The van der Waals surface area contributed by atoms with Crippen molar-refractivity contribution in [3.63, 3.8) is 0 Å². The fourth-order valence-electron chi connectivity index (χ4n) is 4.46. The van der Waals surface area contributed by atoms with Crippen molar-refractivity contribution in [3.05, 3.63) is 59.9 Å². The van der Waals surface area contributed by atoms with E-state index in [0.717, 1.165) is 31.2 Å². The van der Waals surface area contributed by atoms with Crippen LogP contribution in [0.1, 0.15) is 77.0 Å². The van der Waals surface area contributed by atoms with Gasteiger partial charge in [0.1, 0.15) is 12.1 Å². The van der Waals surface area contributed by atoms with E-state index in [9.17, 15) is 14.9 Å². The van der Waals surface area contributed by atoms with Crippen LogP contribution < -0.4 is 10.2 Å². The Hall–Kier alpha value is -3.40. The maximum absolute atomic E-state index is 13.9. The fourth-order valence-corrected chi connectivity index (χ4v) is 4.46. The number of nitrogens with one attached hydrogen (secondary N) is 1. The van der Waals surface area contributed by atoms with E-state index in [4.69, 9.17) is 0 Å². The average Bonchev–Trinajstić information content (AvgIpc) is 2.86. The smallest absolute Gasteiger partial charge is 0.251 e. The van der Waals surface area contributed by atoms with E-state index in [1.165, 1.54) is 16.2 Å². The molecule has 7 heteroatoms. The second kappa shape index (κ2) is 11.4. The number of aromatic nitrogens is 1. The highest BCUT2D eigenvalue weighted by Crippen LogP contribution is 2.32. The summed E-state index contributed by atoms with van der Waals surface area (Å²) in [6, 6.07) is 9.78. The predicted molar refractivity (Wildman–Crippen MR) is 137 cm³/mol. The molecule has 0 aliphatic heterocycles. The van der Waals surface area contributed by atoms with Crippen molar-refractivity contribution >= 4 is 17.5 Å². The number of hydrogen-bond acceptors (Lipinski definition) is 5. The van der Waals surface area contributed by atoms with Crippen LogP contribution in [0.3, 0.4) is 0 Å². The summed E-state index contributed by atoms with van der Waals surface area (Å²) in [4.78, 5) is 34.7. The molecule has 2 atom stereocenters. The van der Waals surface area contributed by atoms with Crippen LogP contribution >= 0.6 is 0 Å². The SMILES string of the molecule is C[C@H](C(=O)N(c1ccc(C(C)(C)C)cc1)C(C(=O)NC1CCCCC1)c1cccnc1)N(C)C#N. The van der Waals surface area contributed by atoms with Crippen molar-refractivity contribution in [2.45, 2.75) is 83.3 Å². The Morgan fingerprint density at radius 1 is 1.11 bits per heavy atom. The largest absolute Gasteiger partial charge is 0.351 e. The Kier molecular flexibility index (Phi) is 8.50. The quantitative estimate of drug-likeness (QED) is 0.463. The van der Waals surface area contributed by atoms with E-state index in [-0.39, 0.29) is 23.3 Å². The van der Waals surface area contributed by atoms with E-state index in [1.807, 2.05) is 36.5 Å². The standard InChI is InChI=1S/C28H37N5O2/c1-20(32(5)19-29)27(35)33(24-15-13-22(14-16-24)28(2,3)4)25(21-10-9-17-30-18-21)26(34)31-23-11-7-6-8-12-23/h9-10,13-18,20,23,25H,6-8,11-12H2,1-5H3,(H,31,34)/t20-,25?/m1/s1. The number of likely N-dealkylation sites (N-methyl/N-ethyl adjacent to an activating group) is 1. The molecule has 0 spiro atoms. The molecule has 1 heterocycles. The van der Waals surface area contributed by atoms with E-state index >= 15 is 0 Å². The van der Waals surface area contributed by atoms with Gasteiger partial charge in [0.15, 0.2) is 6.19 Å². The number of carbonyl (C=O) groups excluding carboxylic acids is 2. The van der Waals surface area contributed by atoms with Gasteiger partial charge in [-0.05, 0) is 48.9 Å². The molecule has 2 aromatic rings. The van der Waals surface area contributed by atoms with Crippen LogP contribution in [0.4, 0.5) is 5.69 Å². The van der Waals surface area contributed by atoms with Crippen LogP contribution in [0.2, 0.25) is 0 Å². The highest BCUT2D eigenvalue weighted by Gasteiger charge is 2.37. The number of anilines is 1. The molecular formula is C28H37N5O2. The summed E-state index contributed by atoms with van der Waals surface area (Å²) in [6.45, 7) is 8.07. The fraction of sp³-hybridized carbons (Fsp3) is 0.500. The molecule has 1 aliphatic carbocycles. The van der Waals surface area contributed by atoms with E-state index in [2.05, 4.69) is 31.1 Å². The van der Waals surface area contributed by atoms with Crippen LogP contribution in [-0.4, -0.2) is 40.8 Å². The first-order valence-corrected chi connectivity index (χ1v) is 12.4. The van der Waals surface area contributed by atoms with Gasteiger partial charge in [0.05, 0.1) is 0 Å². The molecule has 1 aromatic heterocycles. The van der Waals surface area contributed by atoms with Gasteiger partial charge in [-0.3, -0.25) is 19.5 Å². The van der Waals surface area contributed by atoms with Crippen molar-refractivity contribution in [2.24, 2.45) is 0 Å². The minimum atomic E-state index is -0.909. The molecule has 0 bridgehead atoms. The lowest BCUT2D eigenvalue weighted by molar-refractivity contribution is -0.128. The van der Waals surface area contributed by atoms with Gasteiger partial charge in [0.2, 0.25) is 5.91 Å². The number of carbonyl (C=O) groups is 2. The Morgan fingerprint density at radius 2 is 1.77 bits per heavy atom. The first-order valence-electron chi connectivity index (χ1n) is 12.4. The number of nitriles is 1. The minimum Gasteiger partial charge on any atom is -0.351 e. The van der Waals surface area contributed by atoms with E-state index in [1.54, 1.807) is 32.4 Å². The third kappa shape index (κ3) is 6.39. The molecule has 2 amide bonds. The molecule has 186 valence electrons. The zero-order valence-corrected chi connectivity index (χ0v) is 21.5. The third-order valence-corrected chi connectivity index (χ3v) is 6.80. The summed E-state index contributed by atoms with van der Waals surface area (Å²) >= 11 is 0. The summed E-state index contributed by atoms with van der Waals surface area (Å²) < 4.78 is 0. The summed E-state index contributed by atoms with van der Waals surface area (Å²) in [6.07, 6.45) is 10.5. The van der Waals surface area contributed by atoms with Crippen LogP contribution in [-0.2, 0) is 15.0 Å². The minimum absolute atomic E-state index is 0.0528. The van der Waals surface area contributed by atoms with Gasteiger partial charge in [-0.2, -0.15) is 5.26 Å². The van der Waals surface area contributed by atoms with Crippen LogP contribution in [0.25, 0.3) is 0 Å². The Bertz CT molecular complexity index is 1030. The summed E-state index contributed by atoms with van der Waals surface area (Å²) in [5.41, 5.74) is 2.30. The van der Waals surface area contributed by atoms with Crippen molar-refractivity contribution in [2.75, 3.05) is 11.9 Å².